The Balaban J connectivity index is 1.51. The lowest BCUT2D eigenvalue weighted by molar-refractivity contribution is -0.177. The van der Waals surface area contributed by atoms with Crippen LogP contribution in [-0.2, 0) is 38.2 Å². The van der Waals surface area contributed by atoms with Crippen molar-refractivity contribution in [1.29, 1.82) is 0 Å². The number of hydrogen-bond acceptors (Lipinski definition) is 7. The molecule has 0 saturated heterocycles. The zero-order valence-corrected chi connectivity index (χ0v) is 26.1. The molecule has 3 aromatic carbocycles. The van der Waals surface area contributed by atoms with Gasteiger partial charge in [0.15, 0.2) is 6.23 Å². The number of imidazole rings is 1. The van der Waals surface area contributed by atoms with Gasteiger partial charge >= 0.3 is 5.97 Å². The van der Waals surface area contributed by atoms with Gasteiger partial charge in [-0.25, -0.2) is 9.78 Å². The Morgan fingerprint density at radius 3 is 2.38 bits per heavy atom. The van der Waals surface area contributed by atoms with Gasteiger partial charge in [0.05, 0.1) is 12.4 Å². The summed E-state index contributed by atoms with van der Waals surface area (Å²) in [4.78, 5) is 59.0. The number of aliphatic carboxylic acids is 1. The van der Waals surface area contributed by atoms with E-state index in [4.69, 9.17) is 10.3 Å². The van der Waals surface area contributed by atoms with Crippen LogP contribution in [0.25, 0.3) is 10.8 Å². The number of benzene rings is 3. The molecular formula is C33H38N5O6P. The van der Waals surface area contributed by atoms with E-state index in [-0.39, 0.29) is 36.9 Å². The first-order valence-electron chi connectivity index (χ1n) is 14.7. The lowest BCUT2D eigenvalue weighted by atomic mass is 9.98. The molecule has 0 spiro atoms. The smallest absolute Gasteiger partial charge is 0.377 e. The number of nitrogens with one attached hydrogen (secondary N) is 3. The van der Waals surface area contributed by atoms with Gasteiger partial charge in [0.25, 0.3) is 0 Å². The van der Waals surface area contributed by atoms with Crippen molar-refractivity contribution in [2.75, 3.05) is 0 Å². The third-order valence-corrected chi connectivity index (χ3v) is 8.40. The number of carbonyl (C=O) groups excluding carboxylic acids is 2. The molecule has 0 radical (unpaired) electrons. The second kappa shape index (κ2) is 16.1. The fourth-order valence-electron chi connectivity index (χ4n) is 4.91. The molecule has 45 heavy (non-hydrogen) atoms. The number of carboxylic acids is 1. The van der Waals surface area contributed by atoms with Crippen molar-refractivity contribution in [2.24, 2.45) is 11.7 Å². The lowest BCUT2D eigenvalue weighted by Crippen LogP contribution is -2.55. The summed E-state index contributed by atoms with van der Waals surface area (Å²) in [7, 11) is -2.81. The molecule has 0 saturated carbocycles. The van der Waals surface area contributed by atoms with Crippen LogP contribution in [0.15, 0.2) is 85.3 Å². The maximum atomic E-state index is 13.6. The van der Waals surface area contributed by atoms with Gasteiger partial charge in [0, 0.05) is 24.7 Å². The number of carbonyl (C=O) groups is 3. The summed E-state index contributed by atoms with van der Waals surface area (Å²) in [6.07, 6.45) is 2.40. The number of hydrogen-bond donors (Lipinski definition) is 5. The minimum absolute atomic E-state index is 0.00383. The van der Waals surface area contributed by atoms with Crippen molar-refractivity contribution < 1.29 is 28.9 Å². The predicted octanol–water partition coefficient (Wildman–Crippen LogP) is 2.84. The third-order valence-electron chi connectivity index (χ3n) is 7.16. The van der Waals surface area contributed by atoms with Gasteiger partial charge in [-0.05, 0) is 40.7 Å². The summed E-state index contributed by atoms with van der Waals surface area (Å²) in [5, 5.41) is 17.0. The number of nitrogens with two attached hydrogens (primary N) is 1. The largest absolute Gasteiger partial charge is 0.602 e. The quantitative estimate of drug-likeness (QED) is 0.0980. The van der Waals surface area contributed by atoms with Crippen LogP contribution in [-0.4, -0.2) is 56.5 Å². The fraction of sp³-hybridized carbons (Fsp3) is 0.303. The van der Waals surface area contributed by atoms with Crippen LogP contribution >= 0.6 is 8.00 Å². The molecule has 1 unspecified atom stereocenters. The van der Waals surface area contributed by atoms with Crippen molar-refractivity contribution >= 4 is 41.8 Å². The second-order valence-corrected chi connectivity index (χ2v) is 12.5. The number of fused-ring (bicyclic) bond motifs is 1. The van der Waals surface area contributed by atoms with E-state index in [0.717, 1.165) is 16.3 Å². The normalized spacial score (nSPS) is 14.0. The maximum Gasteiger partial charge on any atom is 0.377 e. The summed E-state index contributed by atoms with van der Waals surface area (Å²) >= 11 is 0. The van der Waals surface area contributed by atoms with Crippen LogP contribution < -0.4 is 21.3 Å². The highest BCUT2D eigenvalue weighted by Crippen LogP contribution is 2.24. The molecule has 1 aromatic heterocycles. The van der Waals surface area contributed by atoms with Gasteiger partial charge in [-0.15, -0.1) is 0 Å². The minimum Gasteiger partial charge on any atom is -0.602 e. The molecule has 0 aliphatic carbocycles. The van der Waals surface area contributed by atoms with Gasteiger partial charge in [-0.3, -0.25) is 9.59 Å². The van der Waals surface area contributed by atoms with Crippen molar-refractivity contribution in [3.8, 4) is 0 Å². The number of H-pyrrole nitrogens is 1. The second-order valence-electron chi connectivity index (χ2n) is 11.2. The Kier molecular flexibility index (Phi) is 11.9. The monoisotopic (exact) mass is 631 g/mol. The zero-order valence-electron chi connectivity index (χ0n) is 25.2. The highest BCUT2D eigenvalue weighted by molar-refractivity contribution is 7.49. The number of aromatic nitrogens is 2. The molecule has 0 bridgehead atoms. The van der Waals surface area contributed by atoms with Crippen molar-refractivity contribution in [1.82, 2.24) is 20.6 Å². The highest BCUT2D eigenvalue weighted by Gasteiger charge is 2.30. The van der Waals surface area contributed by atoms with Crippen molar-refractivity contribution in [3.05, 3.63) is 102 Å². The average Bonchev–Trinajstić information content (AvgIpc) is 3.53. The van der Waals surface area contributed by atoms with Gasteiger partial charge in [-0.2, -0.15) is 4.52 Å². The Bertz CT molecular complexity index is 1620. The van der Waals surface area contributed by atoms with E-state index in [1.54, 1.807) is 36.5 Å². The molecule has 2 amide bonds. The predicted molar refractivity (Wildman–Crippen MR) is 172 cm³/mol. The van der Waals surface area contributed by atoms with Crippen LogP contribution in [0.5, 0.6) is 0 Å². The molecular weight excluding hydrogens is 593 g/mol. The SMILES string of the molecule is CC(C)C[C@@H](NC(=O)[C@H](Cc1cnc[nH]1)NC(=O)[C@H](N)Cc1cccc2ccccc12)O/[P+]([O-])=C(\Cc1ccccc1)C(=O)O. The topological polar surface area (TPSA) is 182 Å². The minimum atomic E-state index is -2.81. The number of amides is 2. The van der Waals surface area contributed by atoms with Gasteiger partial charge in [0.2, 0.25) is 25.1 Å². The summed E-state index contributed by atoms with van der Waals surface area (Å²) in [5.41, 5.74) is 8.49. The van der Waals surface area contributed by atoms with Gasteiger partial charge in [0.1, 0.15) is 6.04 Å². The fourth-order valence-corrected chi connectivity index (χ4v) is 5.87. The molecule has 4 rings (SSSR count). The van der Waals surface area contributed by atoms with E-state index in [2.05, 4.69) is 20.6 Å². The van der Waals surface area contributed by atoms with E-state index >= 15 is 0 Å². The van der Waals surface area contributed by atoms with Crippen LogP contribution in [0.4, 0.5) is 0 Å². The van der Waals surface area contributed by atoms with Crippen molar-refractivity contribution in [2.45, 2.75) is 57.8 Å². The number of aromatic amines is 1. The van der Waals surface area contributed by atoms with E-state index in [0.29, 0.717) is 11.3 Å². The first-order valence-corrected chi connectivity index (χ1v) is 15.9. The molecule has 0 aliphatic rings. The van der Waals surface area contributed by atoms with E-state index in [9.17, 15) is 24.4 Å². The van der Waals surface area contributed by atoms with Crippen LogP contribution in [0, 0.1) is 5.92 Å². The molecule has 4 aromatic rings. The Labute approximate surface area is 262 Å². The molecule has 6 N–H and O–H groups in total. The lowest BCUT2D eigenvalue weighted by Gasteiger charge is -2.24. The molecule has 1 heterocycles. The van der Waals surface area contributed by atoms with Crippen LogP contribution in [0.3, 0.4) is 0 Å². The summed E-state index contributed by atoms with van der Waals surface area (Å²) in [5.74, 6) is -2.49. The van der Waals surface area contributed by atoms with E-state index < -0.39 is 44.1 Å². The summed E-state index contributed by atoms with van der Waals surface area (Å²) < 4.78 is 5.69. The number of rotatable bonds is 15. The molecule has 0 aliphatic heterocycles. The van der Waals surface area contributed by atoms with Gasteiger partial charge in [-0.1, -0.05) is 86.6 Å². The standard InChI is InChI=1S/C33H38N5O6P/c1-21(2)15-30(44-45(43)29(33(41)42)16-22-9-4-3-5-10-22)38-32(40)28(18-25-19-35-20-36-25)37-31(39)27(34)17-24-13-8-12-23-11-6-7-14-26(23)24/h3-14,19-21,27-28,30H,15-18,34H2,1-2H3,(H,35,36)(H,37,39)(H,38,40)(H,41,42)/t27-,28+,30+/m1/s1. The average molecular weight is 632 g/mol. The summed E-state index contributed by atoms with van der Waals surface area (Å²) in [6.45, 7) is 3.77. The first-order chi connectivity index (χ1) is 21.6. The van der Waals surface area contributed by atoms with Gasteiger partial charge < -0.3 is 31.4 Å². The molecule has 11 nitrogen and oxygen atoms in total. The molecule has 236 valence electrons. The highest BCUT2D eigenvalue weighted by atomic mass is 31.1. The third kappa shape index (κ3) is 9.79. The number of carboxylic acid groups (broad SMARTS) is 1. The molecule has 12 heteroatoms. The maximum absolute atomic E-state index is 13.6. The zero-order chi connectivity index (χ0) is 32.3. The molecule has 0 fully saturated rings. The summed E-state index contributed by atoms with van der Waals surface area (Å²) in [6, 6.07) is 20.4. The Hall–Kier alpha value is -4.41. The Morgan fingerprint density at radius 1 is 0.978 bits per heavy atom. The van der Waals surface area contributed by atoms with Crippen LogP contribution in [0.1, 0.15) is 37.1 Å². The molecule has 4 atom stereocenters. The Morgan fingerprint density at radius 2 is 1.69 bits per heavy atom. The van der Waals surface area contributed by atoms with E-state index in [1.807, 2.05) is 56.3 Å². The first kappa shape index (κ1) is 33.5. The van der Waals surface area contributed by atoms with E-state index in [1.165, 1.54) is 6.33 Å². The van der Waals surface area contributed by atoms with Crippen LogP contribution in [0.2, 0.25) is 0 Å². The van der Waals surface area contributed by atoms with Crippen molar-refractivity contribution in [3.63, 3.8) is 0 Å². The number of nitrogens with zero attached hydrogens (tertiary/aromatic N) is 1.